The van der Waals surface area contributed by atoms with Gasteiger partial charge in [0.25, 0.3) is 0 Å². The van der Waals surface area contributed by atoms with E-state index >= 15 is 0 Å². The lowest BCUT2D eigenvalue weighted by Gasteiger charge is -2.11. The van der Waals surface area contributed by atoms with Gasteiger partial charge in [-0.1, -0.05) is 52.3 Å². The van der Waals surface area contributed by atoms with E-state index in [1.807, 2.05) is 49.4 Å². The van der Waals surface area contributed by atoms with E-state index in [1.165, 1.54) is 10.8 Å². The van der Waals surface area contributed by atoms with Gasteiger partial charge in [-0.25, -0.2) is 0 Å². The summed E-state index contributed by atoms with van der Waals surface area (Å²) in [5.74, 6) is 1.62. The third-order valence-electron chi connectivity index (χ3n) is 3.42. The van der Waals surface area contributed by atoms with Crippen molar-refractivity contribution in [3.05, 3.63) is 70.7 Å². The van der Waals surface area contributed by atoms with Crippen LogP contribution in [-0.2, 0) is 0 Å². The molecule has 0 aromatic heterocycles. The number of halogens is 1. The first kappa shape index (κ1) is 14.1. The van der Waals surface area contributed by atoms with Gasteiger partial charge < -0.3 is 10.5 Å². The second-order valence-corrected chi connectivity index (χ2v) is 5.94. The normalized spacial score (nSPS) is 12.3. The van der Waals surface area contributed by atoms with Gasteiger partial charge in [0.05, 0.1) is 0 Å². The minimum Gasteiger partial charge on any atom is -0.457 e. The molecule has 0 bridgehead atoms. The zero-order valence-corrected chi connectivity index (χ0v) is 13.3. The zero-order valence-electron chi connectivity index (χ0n) is 11.7. The van der Waals surface area contributed by atoms with Gasteiger partial charge in [0.2, 0.25) is 0 Å². The lowest BCUT2D eigenvalue weighted by atomic mass is 10.1. The average Bonchev–Trinajstić information content (AvgIpc) is 2.47. The van der Waals surface area contributed by atoms with E-state index < -0.39 is 0 Å². The molecule has 3 heteroatoms. The van der Waals surface area contributed by atoms with E-state index in [0.717, 1.165) is 21.5 Å². The first-order valence-corrected chi connectivity index (χ1v) is 7.64. The molecule has 0 radical (unpaired) electrons. The predicted octanol–water partition coefficient (Wildman–Crippen LogP) is 5.41. The molecule has 0 amide bonds. The Morgan fingerprint density at radius 2 is 1.57 bits per heavy atom. The third-order valence-corrected chi connectivity index (χ3v) is 4.11. The maximum atomic E-state index is 5.93. The van der Waals surface area contributed by atoms with Crippen LogP contribution in [0.3, 0.4) is 0 Å². The lowest BCUT2D eigenvalue weighted by Crippen LogP contribution is -2.05. The molecule has 0 fully saturated rings. The molecule has 1 atom stereocenters. The third kappa shape index (κ3) is 3.09. The van der Waals surface area contributed by atoms with Gasteiger partial charge in [-0.05, 0) is 47.5 Å². The Bertz CT molecular complexity index is 783. The number of fused-ring (bicyclic) bond motifs is 1. The highest BCUT2D eigenvalue weighted by molar-refractivity contribution is 9.10. The molecule has 106 valence electrons. The van der Waals surface area contributed by atoms with Gasteiger partial charge in [-0.2, -0.15) is 0 Å². The summed E-state index contributed by atoms with van der Waals surface area (Å²) in [6.07, 6.45) is 0. The van der Waals surface area contributed by atoms with Crippen molar-refractivity contribution in [3.63, 3.8) is 0 Å². The van der Waals surface area contributed by atoms with Gasteiger partial charge in [-0.3, -0.25) is 0 Å². The quantitative estimate of drug-likeness (QED) is 0.690. The molecule has 0 saturated heterocycles. The van der Waals surface area contributed by atoms with Crippen LogP contribution in [0.5, 0.6) is 11.5 Å². The average molecular weight is 342 g/mol. The van der Waals surface area contributed by atoms with Crippen LogP contribution >= 0.6 is 15.9 Å². The van der Waals surface area contributed by atoms with Crippen LogP contribution in [0.1, 0.15) is 18.5 Å². The van der Waals surface area contributed by atoms with Crippen molar-refractivity contribution in [2.24, 2.45) is 5.73 Å². The fraction of sp³-hybridized carbons (Fsp3) is 0.111. The monoisotopic (exact) mass is 341 g/mol. The Kier molecular flexibility index (Phi) is 3.95. The molecule has 0 aliphatic rings. The summed E-state index contributed by atoms with van der Waals surface area (Å²) in [4.78, 5) is 0. The molecule has 21 heavy (non-hydrogen) atoms. The van der Waals surface area contributed by atoms with Crippen LogP contribution in [0.2, 0.25) is 0 Å². The van der Waals surface area contributed by atoms with Crippen molar-refractivity contribution in [2.45, 2.75) is 13.0 Å². The van der Waals surface area contributed by atoms with Crippen LogP contribution in [0, 0.1) is 0 Å². The van der Waals surface area contributed by atoms with Gasteiger partial charge in [-0.15, -0.1) is 0 Å². The molecular weight excluding hydrogens is 326 g/mol. The summed E-state index contributed by atoms with van der Waals surface area (Å²) < 4.78 is 6.90. The van der Waals surface area contributed by atoms with Crippen LogP contribution in [0.25, 0.3) is 10.8 Å². The van der Waals surface area contributed by atoms with Crippen molar-refractivity contribution in [1.82, 2.24) is 0 Å². The van der Waals surface area contributed by atoms with E-state index in [1.54, 1.807) is 0 Å². The smallest absolute Gasteiger partial charge is 0.128 e. The summed E-state index contributed by atoms with van der Waals surface area (Å²) in [6.45, 7) is 1.96. The minimum atomic E-state index is -0.00547. The van der Waals surface area contributed by atoms with Crippen molar-refractivity contribution in [2.75, 3.05) is 0 Å². The molecule has 3 aromatic rings. The number of ether oxygens (including phenoxy) is 1. The highest BCUT2D eigenvalue weighted by Gasteiger charge is 2.07. The van der Waals surface area contributed by atoms with Crippen molar-refractivity contribution in [3.8, 4) is 11.5 Å². The number of hydrogen-bond acceptors (Lipinski definition) is 2. The second-order valence-electron chi connectivity index (χ2n) is 5.08. The molecule has 0 saturated carbocycles. The Balaban J connectivity index is 1.89. The predicted molar refractivity (Wildman–Crippen MR) is 90.8 cm³/mol. The van der Waals surface area contributed by atoms with Gasteiger partial charge in [0.1, 0.15) is 11.5 Å². The van der Waals surface area contributed by atoms with E-state index in [0.29, 0.717) is 0 Å². The summed E-state index contributed by atoms with van der Waals surface area (Å²) >= 11 is 3.54. The van der Waals surface area contributed by atoms with Gasteiger partial charge in [0.15, 0.2) is 0 Å². The minimum absolute atomic E-state index is 0.00547. The van der Waals surface area contributed by atoms with Crippen LogP contribution in [0.15, 0.2) is 65.1 Å². The largest absolute Gasteiger partial charge is 0.457 e. The number of hydrogen-bond donors (Lipinski definition) is 1. The molecule has 0 spiro atoms. The van der Waals surface area contributed by atoms with E-state index in [9.17, 15) is 0 Å². The summed E-state index contributed by atoms with van der Waals surface area (Å²) in [7, 11) is 0. The SMILES string of the molecule is C[C@H](N)c1ccc(Oc2ccc3ccccc3c2)cc1Br. The zero-order chi connectivity index (χ0) is 14.8. The second kappa shape index (κ2) is 5.88. The molecule has 0 aliphatic carbocycles. The Morgan fingerprint density at radius 1 is 0.905 bits per heavy atom. The Labute approximate surface area is 132 Å². The first-order chi connectivity index (χ1) is 10.1. The van der Waals surface area contributed by atoms with E-state index in [-0.39, 0.29) is 6.04 Å². The highest BCUT2D eigenvalue weighted by atomic mass is 79.9. The Morgan fingerprint density at radius 3 is 2.29 bits per heavy atom. The molecule has 3 rings (SSSR count). The van der Waals surface area contributed by atoms with Crippen molar-refractivity contribution >= 4 is 26.7 Å². The van der Waals surface area contributed by atoms with E-state index in [4.69, 9.17) is 10.5 Å². The first-order valence-electron chi connectivity index (χ1n) is 6.85. The fourth-order valence-electron chi connectivity index (χ4n) is 2.31. The summed E-state index contributed by atoms with van der Waals surface area (Å²) in [5.41, 5.74) is 6.98. The molecule has 0 unspecified atom stereocenters. The topological polar surface area (TPSA) is 35.2 Å². The standard InChI is InChI=1S/C18H16BrNO/c1-12(20)17-9-8-16(11-18(17)19)21-15-7-6-13-4-2-3-5-14(13)10-15/h2-12H,20H2,1H3/t12-/m0/s1. The molecule has 3 aromatic carbocycles. The lowest BCUT2D eigenvalue weighted by molar-refractivity contribution is 0.482. The van der Waals surface area contributed by atoms with Crippen molar-refractivity contribution < 1.29 is 4.74 Å². The molecule has 0 heterocycles. The molecule has 2 N–H and O–H groups in total. The van der Waals surface area contributed by atoms with Gasteiger partial charge >= 0.3 is 0 Å². The van der Waals surface area contributed by atoms with Crippen LogP contribution in [-0.4, -0.2) is 0 Å². The maximum Gasteiger partial charge on any atom is 0.128 e. The van der Waals surface area contributed by atoms with E-state index in [2.05, 4.69) is 34.1 Å². The van der Waals surface area contributed by atoms with Crippen LogP contribution < -0.4 is 10.5 Å². The number of nitrogens with two attached hydrogens (primary N) is 1. The summed E-state index contributed by atoms with van der Waals surface area (Å²) in [5, 5.41) is 2.37. The molecular formula is C18H16BrNO. The Hall–Kier alpha value is -1.84. The van der Waals surface area contributed by atoms with Crippen molar-refractivity contribution in [1.29, 1.82) is 0 Å². The number of benzene rings is 3. The maximum absolute atomic E-state index is 5.93. The number of rotatable bonds is 3. The van der Waals surface area contributed by atoms with Crippen LogP contribution in [0.4, 0.5) is 0 Å². The highest BCUT2D eigenvalue weighted by Crippen LogP contribution is 2.30. The van der Waals surface area contributed by atoms with Gasteiger partial charge in [0, 0.05) is 10.5 Å². The molecule has 0 aliphatic heterocycles. The fourth-order valence-corrected chi connectivity index (χ4v) is 3.03. The molecule has 2 nitrogen and oxygen atoms in total. The summed E-state index contributed by atoms with van der Waals surface area (Å²) in [6, 6.07) is 20.2.